The van der Waals surface area contributed by atoms with Crippen LogP contribution >= 0.6 is 0 Å². The predicted molar refractivity (Wildman–Crippen MR) is 79.1 cm³/mol. The first-order valence-corrected chi connectivity index (χ1v) is 6.71. The van der Waals surface area contributed by atoms with Crippen LogP contribution in [0.15, 0.2) is 18.2 Å². The van der Waals surface area contributed by atoms with Crippen molar-refractivity contribution in [3.8, 4) is 5.75 Å². The fourth-order valence-corrected chi connectivity index (χ4v) is 2.59. The van der Waals surface area contributed by atoms with Gasteiger partial charge in [0.05, 0.1) is 5.75 Å². The van der Waals surface area contributed by atoms with Crippen molar-refractivity contribution >= 4 is 0 Å². The molecule has 1 aliphatic heterocycles. The van der Waals surface area contributed by atoms with Crippen molar-refractivity contribution in [3.63, 3.8) is 0 Å². The van der Waals surface area contributed by atoms with Crippen molar-refractivity contribution in [1.29, 1.82) is 0 Å². The molecule has 1 aromatic carbocycles. The van der Waals surface area contributed by atoms with E-state index in [1.165, 1.54) is 22.3 Å². The molecule has 102 valence electrons. The van der Waals surface area contributed by atoms with Gasteiger partial charge < -0.3 is 4.74 Å². The first kappa shape index (κ1) is 16.8. The quantitative estimate of drug-likeness (QED) is 0.370. The number of rotatable bonds is 1. The molecule has 1 atom stereocenters. The zero-order chi connectivity index (χ0) is 14.0. The van der Waals surface area contributed by atoms with Gasteiger partial charge in [-0.15, -0.1) is 12.7 Å². The second-order valence-electron chi connectivity index (χ2n) is 4.87. The Kier molecular flexibility index (Phi) is 5.36. The van der Waals surface area contributed by atoms with E-state index in [4.69, 9.17) is 4.74 Å². The normalized spacial score (nSPS) is 16.7. The molecule has 19 heavy (non-hydrogen) atoms. The molecule has 1 unspecified atom stereocenters. The molecule has 0 saturated carbocycles. The van der Waals surface area contributed by atoms with Crippen LogP contribution in [0.4, 0.5) is 0 Å². The van der Waals surface area contributed by atoms with Crippen molar-refractivity contribution in [2.24, 2.45) is 0 Å². The zero-order valence-electron chi connectivity index (χ0n) is 13.5. The Morgan fingerprint density at radius 3 is 2.21 bits per heavy atom. The van der Waals surface area contributed by atoms with Crippen LogP contribution in [-0.2, 0) is 0 Å². The van der Waals surface area contributed by atoms with Crippen LogP contribution in [0, 0.1) is 26.9 Å². The van der Waals surface area contributed by atoms with E-state index in [2.05, 4.69) is 40.3 Å². The van der Waals surface area contributed by atoms with Crippen LogP contribution in [0.1, 0.15) is 55.9 Å². The summed E-state index contributed by atoms with van der Waals surface area (Å²) < 4.78 is 5.90. The topological polar surface area (TPSA) is 9.23 Å². The van der Waals surface area contributed by atoms with E-state index in [1.807, 2.05) is 20.8 Å². The summed E-state index contributed by atoms with van der Waals surface area (Å²) in [5.41, 5.74) is 6.37. The van der Waals surface area contributed by atoms with E-state index in [0.717, 1.165) is 17.4 Å². The second kappa shape index (κ2) is 6.08. The Labute approximate surface area is 112 Å². The van der Waals surface area contributed by atoms with Gasteiger partial charge in [0.1, 0.15) is 0 Å². The molecule has 2 heteroatoms. The molecular weight excluding hydrogens is 487 g/mol. The molecule has 2 rings (SSSR count). The summed E-state index contributed by atoms with van der Waals surface area (Å²) in [6.45, 7) is 18.6. The largest absolute Gasteiger partial charge is 0.658 e. The van der Waals surface area contributed by atoms with Crippen molar-refractivity contribution in [2.45, 2.75) is 54.4 Å². The second-order valence-corrected chi connectivity index (χ2v) is 4.87. The minimum absolute atomic E-state index is 0. The van der Waals surface area contributed by atoms with Gasteiger partial charge in [0.2, 0.25) is 0 Å². The average Bonchev–Trinajstić information content (AvgIpc) is 2.67. The first-order valence-electron chi connectivity index (χ1n) is 6.71. The molecule has 1 aliphatic rings. The summed E-state index contributed by atoms with van der Waals surface area (Å²) in [7, 11) is 0. The number of fused-ring (bicyclic) bond motifs is 1. The summed E-state index contributed by atoms with van der Waals surface area (Å²) in [5.74, 6) is 1.32. The van der Waals surface area contributed by atoms with E-state index in [-0.39, 0.29) is 5.92 Å². The third kappa shape index (κ3) is 2.62. The van der Waals surface area contributed by atoms with Crippen LogP contribution in [0.2, 0.25) is 0 Å². The molecule has 0 aliphatic carbocycles. The van der Waals surface area contributed by atoms with E-state index >= 15 is 0 Å². The SMILES string of the molecule is C=C(C)C1c2c(C)c(C)cc(C)c2O[C-]1C.CC.[Rf]. The van der Waals surface area contributed by atoms with E-state index < -0.39 is 0 Å². The summed E-state index contributed by atoms with van der Waals surface area (Å²) in [6.07, 6.45) is 1.05. The molecular formula is C17H25ORf-. The van der Waals surface area contributed by atoms with Gasteiger partial charge in [-0.25, -0.2) is 0 Å². The molecule has 1 aromatic rings. The molecule has 0 bridgehead atoms. The first-order chi connectivity index (χ1) is 8.43. The summed E-state index contributed by atoms with van der Waals surface area (Å²) >= 11 is 0. The van der Waals surface area contributed by atoms with Gasteiger partial charge in [0, 0.05) is 0 Å². The van der Waals surface area contributed by atoms with Crippen LogP contribution in [0.5, 0.6) is 5.75 Å². The van der Waals surface area contributed by atoms with Crippen LogP contribution in [-0.4, -0.2) is 0 Å². The van der Waals surface area contributed by atoms with E-state index in [9.17, 15) is 0 Å². The Bertz CT molecular complexity index is 463. The van der Waals surface area contributed by atoms with Gasteiger partial charge >= 0.3 is 0 Å². The van der Waals surface area contributed by atoms with E-state index in [0.29, 0.717) is 0 Å². The Hall–Kier alpha value is -2.24. The minimum atomic E-state index is 0. The number of aryl methyl sites for hydroxylation is 2. The monoisotopic (exact) mass is 512 g/mol. The Morgan fingerprint density at radius 1 is 1.21 bits per heavy atom. The molecule has 0 fully saturated rings. The summed E-state index contributed by atoms with van der Waals surface area (Å²) in [5, 5.41) is 0. The fraction of sp³-hybridized carbons (Fsp3) is 0.471. The molecule has 0 N–H and O–H groups in total. The van der Waals surface area contributed by atoms with Gasteiger partial charge in [-0.05, 0) is 49.9 Å². The molecule has 0 saturated heterocycles. The van der Waals surface area contributed by atoms with Crippen LogP contribution in [0.3, 0.4) is 0 Å². The Balaban J connectivity index is 0.00000103. The Morgan fingerprint density at radius 2 is 1.74 bits per heavy atom. The predicted octanol–water partition coefficient (Wildman–Crippen LogP) is 5.24. The summed E-state index contributed by atoms with van der Waals surface area (Å²) in [6, 6.07) is 2.20. The molecule has 0 aromatic heterocycles. The van der Waals surface area contributed by atoms with Crippen molar-refractivity contribution in [1.82, 2.24) is 0 Å². The van der Waals surface area contributed by atoms with E-state index in [1.54, 1.807) is 0 Å². The molecule has 0 radical (unpaired) electrons. The number of ether oxygens (including phenoxy) is 1. The number of hydrogen-bond donors (Lipinski definition) is 0. The minimum Gasteiger partial charge on any atom is -0.658 e. The molecule has 0 spiro atoms. The van der Waals surface area contributed by atoms with Gasteiger partial charge in [0.25, 0.3) is 0 Å². The summed E-state index contributed by atoms with van der Waals surface area (Å²) in [4.78, 5) is 0. The third-order valence-corrected chi connectivity index (χ3v) is 3.48. The smallest absolute Gasteiger partial charge is 0.0894 e. The molecule has 1 nitrogen and oxygen atoms in total. The zero-order valence-corrected chi connectivity index (χ0v) is 19.9. The maximum atomic E-state index is 5.90. The third-order valence-electron chi connectivity index (χ3n) is 3.48. The standard InChI is InChI=1S/C15H19O.C2H6.Rf/c1-8(2)13-12(6)16-15-10(4)7-9(3)11(5)14(13)15;1-2;/h7,13H,1H2,2-6H3;1-2H3;/q-1;;. The van der Waals surface area contributed by atoms with Gasteiger partial charge in [-0.1, -0.05) is 31.4 Å². The average molecular weight is 512 g/mol. The molecule has 0 amide bonds. The van der Waals surface area contributed by atoms with Gasteiger partial charge in [0.15, 0.2) is 0 Å². The number of hydrogen-bond acceptors (Lipinski definition) is 1. The van der Waals surface area contributed by atoms with Crippen molar-refractivity contribution in [3.05, 3.63) is 46.6 Å². The van der Waals surface area contributed by atoms with Gasteiger partial charge in [-0.2, -0.15) is 6.92 Å². The van der Waals surface area contributed by atoms with Crippen LogP contribution < -0.4 is 4.74 Å². The molecule has 1 heterocycles. The van der Waals surface area contributed by atoms with Gasteiger partial charge in [-0.3, -0.25) is 0 Å². The fourth-order valence-electron chi connectivity index (χ4n) is 2.59. The maximum absolute atomic E-state index is 5.90. The van der Waals surface area contributed by atoms with Crippen LogP contribution in [0.25, 0.3) is 0 Å². The number of benzene rings is 1. The maximum Gasteiger partial charge on any atom is 0.0894 e. The van der Waals surface area contributed by atoms with Crippen molar-refractivity contribution in [2.75, 3.05) is 0 Å². The van der Waals surface area contributed by atoms with Crippen molar-refractivity contribution < 1.29 is 4.74 Å².